The molecule has 1 aliphatic heterocycles. The van der Waals surface area contributed by atoms with E-state index in [1.807, 2.05) is 18.2 Å². The van der Waals surface area contributed by atoms with E-state index in [4.69, 9.17) is 0 Å². The van der Waals surface area contributed by atoms with Crippen LogP contribution >= 0.6 is 0 Å². The van der Waals surface area contributed by atoms with Gasteiger partial charge in [-0.1, -0.05) is 36.4 Å². The standard InChI is InChI=1S/C21H27N3O3S/c1-23(2)28(26,27)19-12-8-11-18(15-19)21(25)22-16-20(24-13-6-7-14-24)17-9-4-3-5-10-17/h3-5,8-12,15,20H,6-7,13-14,16H2,1-2H3,(H,22,25)/t20-/m0/s1. The summed E-state index contributed by atoms with van der Waals surface area (Å²) in [6.07, 6.45) is 2.34. The van der Waals surface area contributed by atoms with Crippen molar-refractivity contribution in [3.63, 3.8) is 0 Å². The summed E-state index contributed by atoms with van der Waals surface area (Å²) < 4.78 is 25.8. The molecule has 0 saturated carbocycles. The predicted molar refractivity (Wildman–Crippen MR) is 110 cm³/mol. The Morgan fingerprint density at radius 3 is 2.39 bits per heavy atom. The Kier molecular flexibility index (Phi) is 6.49. The van der Waals surface area contributed by atoms with Gasteiger partial charge in [-0.25, -0.2) is 12.7 Å². The molecule has 1 N–H and O–H groups in total. The molecule has 1 fully saturated rings. The van der Waals surface area contributed by atoms with Crippen molar-refractivity contribution in [1.82, 2.24) is 14.5 Å². The van der Waals surface area contributed by atoms with Gasteiger partial charge in [0.1, 0.15) is 0 Å². The molecule has 0 unspecified atom stereocenters. The van der Waals surface area contributed by atoms with Gasteiger partial charge in [0.15, 0.2) is 0 Å². The molecule has 0 radical (unpaired) electrons. The van der Waals surface area contributed by atoms with Gasteiger partial charge in [0.25, 0.3) is 5.91 Å². The topological polar surface area (TPSA) is 69.7 Å². The molecular weight excluding hydrogens is 374 g/mol. The number of hydrogen-bond donors (Lipinski definition) is 1. The molecule has 6 nitrogen and oxygen atoms in total. The van der Waals surface area contributed by atoms with Gasteiger partial charge in [-0.3, -0.25) is 9.69 Å². The highest BCUT2D eigenvalue weighted by Gasteiger charge is 2.24. The van der Waals surface area contributed by atoms with Crippen LogP contribution in [0.3, 0.4) is 0 Å². The molecule has 1 saturated heterocycles. The Morgan fingerprint density at radius 2 is 1.75 bits per heavy atom. The summed E-state index contributed by atoms with van der Waals surface area (Å²) in [6.45, 7) is 2.52. The number of sulfonamides is 1. The second kappa shape index (κ2) is 8.86. The highest BCUT2D eigenvalue weighted by molar-refractivity contribution is 7.89. The normalized spacial score (nSPS) is 16.2. The van der Waals surface area contributed by atoms with E-state index in [9.17, 15) is 13.2 Å². The van der Waals surface area contributed by atoms with Crippen LogP contribution in [-0.2, 0) is 10.0 Å². The number of nitrogens with one attached hydrogen (secondary N) is 1. The lowest BCUT2D eigenvalue weighted by Crippen LogP contribution is -2.36. The van der Waals surface area contributed by atoms with Crippen LogP contribution in [0.1, 0.15) is 34.8 Å². The van der Waals surface area contributed by atoms with Crippen molar-refractivity contribution < 1.29 is 13.2 Å². The number of amides is 1. The lowest BCUT2D eigenvalue weighted by Gasteiger charge is -2.28. The summed E-state index contributed by atoms with van der Waals surface area (Å²) in [5.41, 5.74) is 1.52. The van der Waals surface area contributed by atoms with Crippen LogP contribution < -0.4 is 5.32 Å². The van der Waals surface area contributed by atoms with E-state index >= 15 is 0 Å². The van der Waals surface area contributed by atoms with E-state index in [0.717, 1.165) is 17.4 Å². The van der Waals surface area contributed by atoms with Gasteiger partial charge in [0.05, 0.1) is 10.9 Å². The number of benzene rings is 2. The van der Waals surface area contributed by atoms with Crippen LogP contribution in [0.2, 0.25) is 0 Å². The van der Waals surface area contributed by atoms with Crippen LogP contribution in [0, 0.1) is 0 Å². The zero-order valence-corrected chi connectivity index (χ0v) is 17.2. The zero-order valence-electron chi connectivity index (χ0n) is 16.3. The van der Waals surface area contributed by atoms with Crippen molar-refractivity contribution in [3.05, 3.63) is 65.7 Å². The summed E-state index contributed by atoms with van der Waals surface area (Å²) in [6, 6.07) is 16.4. The number of carbonyl (C=O) groups is 1. The largest absolute Gasteiger partial charge is 0.350 e. The van der Waals surface area contributed by atoms with Crippen LogP contribution in [-0.4, -0.2) is 57.3 Å². The summed E-state index contributed by atoms with van der Waals surface area (Å²) >= 11 is 0. The van der Waals surface area contributed by atoms with Crippen molar-refractivity contribution in [1.29, 1.82) is 0 Å². The van der Waals surface area contributed by atoms with E-state index in [-0.39, 0.29) is 16.8 Å². The minimum Gasteiger partial charge on any atom is -0.350 e. The molecule has 1 aliphatic rings. The average molecular weight is 402 g/mol. The Morgan fingerprint density at radius 1 is 1.07 bits per heavy atom. The molecule has 1 amide bonds. The number of likely N-dealkylation sites (tertiary alicyclic amines) is 1. The fourth-order valence-electron chi connectivity index (χ4n) is 3.49. The molecule has 28 heavy (non-hydrogen) atoms. The second-order valence-electron chi connectivity index (χ2n) is 7.19. The first-order valence-electron chi connectivity index (χ1n) is 9.49. The van der Waals surface area contributed by atoms with E-state index in [1.165, 1.54) is 44.6 Å². The molecule has 0 spiro atoms. The summed E-state index contributed by atoms with van der Waals surface area (Å²) in [4.78, 5) is 15.2. The molecule has 2 aromatic carbocycles. The Balaban J connectivity index is 1.75. The van der Waals surface area contributed by atoms with Gasteiger partial charge in [0, 0.05) is 26.2 Å². The fraction of sp³-hybridized carbons (Fsp3) is 0.381. The van der Waals surface area contributed by atoms with E-state index in [2.05, 4.69) is 22.3 Å². The Bertz CT molecular complexity index is 908. The van der Waals surface area contributed by atoms with E-state index in [0.29, 0.717) is 12.1 Å². The zero-order chi connectivity index (χ0) is 20.1. The number of rotatable bonds is 7. The lowest BCUT2D eigenvalue weighted by atomic mass is 10.1. The molecule has 0 aromatic heterocycles. The molecule has 0 bridgehead atoms. The van der Waals surface area contributed by atoms with Crippen molar-refractivity contribution in [3.8, 4) is 0 Å². The van der Waals surface area contributed by atoms with Crippen molar-refractivity contribution >= 4 is 15.9 Å². The SMILES string of the molecule is CN(C)S(=O)(=O)c1cccc(C(=O)NC[C@@H](c2ccccc2)N2CCCC2)c1. The lowest BCUT2D eigenvalue weighted by molar-refractivity contribution is 0.0937. The van der Waals surface area contributed by atoms with E-state index in [1.54, 1.807) is 12.1 Å². The van der Waals surface area contributed by atoms with Crippen molar-refractivity contribution in [2.24, 2.45) is 0 Å². The maximum absolute atomic E-state index is 12.7. The molecule has 0 aliphatic carbocycles. The van der Waals surface area contributed by atoms with Crippen molar-refractivity contribution in [2.75, 3.05) is 33.7 Å². The molecule has 150 valence electrons. The van der Waals surface area contributed by atoms with Gasteiger partial charge in [-0.2, -0.15) is 0 Å². The van der Waals surface area contributed by atoms with Gasteiger partial charge in [-0.15, -0.1) is 0 Å². The van der Waals surface area contributed by atoms with Gasteiger partial charge in [0.2, 0.25) is 10.0 Å². The molecule has 3 rings (SSSR count). The summed E-state index contributed by atoms with van der Waals surface area (Å²) in [5.74, 6) is -0.268. The smallest absolute Gasteiger partial charge is 0.251 e. The highest BCUT2D eigenvalue weighted by atomic mass is 32.2. The van der Waals surface area contributed by atoms with Gasteiger partial charge in [-0.05, 0) is 49.7 Å². The molecule has 7 heteroatoms. The van der Waals surface area contributed by atoms with Crippen LogP contribution in [0.25, 0.3) is 0 Å². The first kappa shape index (κ1) is 20.5. The average Bonchev–Trinajstić information content (AvgIpc) is 3.23. The van der Waals surface area contributed by atoms with Gasteiger partial charge < -0.3 is 5.32 Å². The minimum absolute atomic E-state index is 0.112. The Hall–Kier alpha value is -2.22. The third-order valence-corrected chi connectivity index (χ3v) is 6.91. The molecular formula is C21H27N3O3S. The molecule has 1 heterocycles. The van der Waals surface area contributed by atoms with E-state index < -0.39 is 10.0 Å². The molecule has 2 aromatic rings. The van der Waals surface area contributed by atoms with Gasteiger partial charge >= 0.3 is 0 Å². The maximum Gasteiger partial charge on any atom is 0.251 e. The number of carbonyl (C=O) groups excluding carboxylic acids is 1. The third-order valence-electron chi connectivity index (χ3n) is 5.10. The minimum atomic E-state index is -3.58. The van der Waals surface area contributed by atoms with Crippen LogP contribution in [0.5, 0.6) is 0 Å². The second-order valence-corrected chi connectivity index (χ2v) is 9.35. The highest BCUT2D eigenvalue weighted by Crippen LogP contribution is 2.24. The summed E-state index contributed by atoms with van der Waals surface area (Å²) in [7, 11) is -0.626. The first-order chi connectivity index (χ1) is 13.4. The third kappa shape index (κ3) is 4.60. The van der Waals surface area contributed by atoms with Crippen molar-refractivity contribution in [2.45, 2.75) is 23.8 Å². The summed E-state index contributed by atoms with van der Waals surface area (Å²) in [5, 5.41) is 2.99. The van der Waals surface area contributed by atoms with Crippen LogP contribution in [0.15, 0.2) is 59.5 Å². The monoisotopic (exact) mass is 401 g/mol. The first-order valence-corrected chi connectivity index (χ1v) is 10.9. The molecule has 1 atom stereocenters. The fourth-order valence-corrected chi connectivity index (χ4v) is 4.43. The maximum atomic E-state index is 12.7. The quantitative estimate of drug-likeness (QED) is 0.774. The number of hydrogen-bond acceptors (Lipinski definition) is 4. The number of nitrogens with zero attached hydrogens (tertiary/aromatic N) is 2. The Labute approximate surface area is 167 Å². The van der Waals surface area contributed by atoms with Crippen LogP contribution in [0.4, 0.5) is 0 Å². The predicted octanol–water partition coefficient (Wildman–Crippen LogP) is 2.50.